The van der Waals surface area contributed by atoms with Gasteiger partial charge in [-0.1, -0.05) is 23.8 Å². The summed E-state index contributed by atoms with van der Waals surface area (Å²) in [5.41, 5.74) is 1.28. The molecule has 0 aromatic heterocycles. The predicted octanol–water partition coefficient (Wildman–Crippen LogP) is 2.53. The van der Waals surface area contributed by atoms with Gasteiger partial charge < -0.3 is 0 Å². The highest BCUT2D eigenvalue weighted by molar-refractivity contribution is 7.89. The number of halogens is 1. The Bertz CT molecular complexity index is 631. The fourth-order valence-corrected chi connectivity index (χ4v) is 3.87. The zero-order chi connectivity index (χ0) is 16.2. The Kier molecular flexibility index (Phi) is 5.72. The maximum absolute atomic E-state index is 13.6. The van der Waals surface area contributed by atoms with Gasteiger partial charge in [-0.3, -0.25) is 4.90 Å². The van der Waals surface area contributed by atoms with Crippen molar-refractivity contribution in [2.24, 2.45) is 0 Å². The normalized spacial score (nSPS) is 17.4. The van der Waals surface area contributed by atoms with E-state index in [-0.39, 0.29) is 10.9 Å². The number of rotatable bonds is 5. The third-order valence-electron chi connectivity index (χ3n) is 3.79. The molecule has 1 heterocycles. The van der Waals surface area contributed by atoms with Gasteiger partial charge in [0.15, 0.2) is 0 Å². The number of nitrogens with one attached hydrogen (secondary N) is 1. The number of likely N-dealkylation sites (tertiary alicyclic amines) is 1. The Balaban J connectivity index is 1.93. The second-order valence-electron chi connectivity index (χ2n) is 5.91. The van der Waals surface area contributed by atoms with Gasteiger partial charge in [0.1, 0.15) is 10.7 Å². The molecule has 2 rings (SSSR count). The maximum Gasteiger partial charge on any atom is 0.243 e. The first-order chi connectivity index (χ1) is 10.4. The van der Waals surface area contributed by atoms with Crippen molar-refractivity contribution in [3.05, 3.63) is 41.7 Å². The SMILES string of the molecule is CC(C)=CCN1CCC(NS(=O)(=O)c2ccccc2F)CC1. The number of nitrogens with zero attached hydrogens (tertiary/aromatic N) is 1. The number of hydrogen-bond donors (Lipinski definition) is 1. The molecule has 1 fully saturated rings. The molecule has 1 aliphatic rings. The van der Waals surface area contributed by atoms with E-state index < -0.39 is 15.8 Å². The van der Waals surface area contributed by atoms with Crippen LogP contribution in [0.3, 0.4) is 0 Å². The summed E-state index contributed by atoms with van der Waals surface area (Å²) in [7, 11) is -3.79. The van der Waals surface area contributed by atoms with E-state index in [0.717, 1.165) is 38.5 Å². The summed E-state index contributed by atoms with van der Waals surface area (Å²) in [6.07, 6.45) is 3.65. The average Bonchev–Trinajstić information content (AvgIpc) is 2.46. The molecule has 1 saturated heterocycles. The van der Waals surface area contributed by atoms with E-state index in [9.17, 15) is 12.8 Å². The fraction of sp³-hybridized carbons (Fsp3) is 0.500. The molecule has 1 aromatic carbocycles. The Labute approximate surface area is 132 Å². The van der Waals surface area contributed by atoms with Crippen LogP contribution < -0.4 is 4.72 Å². The second-order valence-corrected chi connectivity index (χ2v) is 7.59. The van der Waals surface area contributed by atoms with Crippen molar-refractivity contribution in [2.45, 2.75) is 37.6 Å². The minimum absolute atomic E-state index is 0.132. The molecule has 0 spiro atoms. The Hall–Kier alpha value is -1.24. The van der Waals surface area contributed by atoms with Crippen molar-refractivity contribution in [3.63, 3.8) is 0 Å². The third-order valence-corrected chi connectivity index (χ3v) is 5.35. The lowest BCUT2D eigenvalue weighted by atomic mass is 10.1. The first-order valence-electron chi connectivity index (χ1n) is 7.51. The molecule has 1 N–H and O–H groups in total. The molecular weight excluding hydrogens is 303 g/mol. The van der Waals surface area contributed by atoms with Gasteiger partial charge in [0.2, 0.25) is 10.0 Å². The zero-order valence-electron chi connectivity index (χ0n) is 13.0. The van der Waals surface area contributed by atoms with E-state index in [1.54, 1.807) is 0 Å². The lowest BCUT2D eigenvalue weighted by molar-refractivity contribution is 0.226. The monoisotopic (exact) mass is 326 g/mol. The van der Waals surface area contributed by atoms with Gasteiger partial charge in [-0.2, -0.15) is 0 Å². The summed E-state index contributed by atoms with van der Waals surface area (Å²) in [5.74, 6) is -0.712. The van der Waals surface area contributed by atoms with Crippen LogP contribution in [0.1, 0.15) is 26.7 Å². The summed E-state index contributed by atoms with van der Waals surface area (Å²) >= 11 is 0. The molecule has 122 valence electrons. The molecule has 1 aromatic rings. The van der Waals surface area contributed by atoms with Gasteiger partial charge in [0.05, 0.1) is 0 Å². The number of sulfonamides is 1. The number of hydrogen-bond acceptors (Lipinski definition) is 3. The van der Waals surface area contributed by atoms with E-state index in [1.165, 1.54) is 23.8 Å². The van der Waals surface area contributed by atoms with E-state index in [0.29, 0.717) is 0 Å². The van der Waals surface area contributed by atoms with E-state index in [4.69, 9.17) is 0 Å². The van der Waals surface area contributed by atoms with E-state index >= 15 is 0 Å². The molecule has 0 bridgehead atoms. The van der Waals surface area contributed by atoms with Crippen LogP contribution in [0.15, 0.2) is 40.8 Å². The molecule has 0 atom stereocenters. The van der Waals surface area contributed by atoms with Gasteiger partial charge in [-0.25, -0.2) is 17.5 Å². The first kappa shape index (κ1) is 17.1. The summed E-state index contributed by atoms with van der Waals surface area (Å²) in [6, 6.07) is 5.33. The van der Waals surface area contributed by atoms with Crippen LogP contribution in [0.2, 0.25) is 0 Å². The summed E-state index contributed by atoms with van der Waals surface area (Å²) in [4.78, 5) is 2.02. The summed E-state index contributed by atoms with van der Waals surface area (Å²) in [5, 5.41) is 0. The van der Waals surface area contributed by atoms with Crippen molar-refractivity contribution in [3.8, 4) is 0 Å². The summed E-state index contributed by atoms with van der Waals surface area (Å²) < 4.78 is 40.8. The minimum Gasteiger partial charge on any atom is -0.300 e. The molecule has 0 saturated carbocycles. The molecule has 0 unspecified atom stereocenters. The number of piperidine rings is 1. The van der Waals surface area contributed by atoms with Crippen LogP contribution in [0.25, 0.3) is 0 Å². The lowest BCUT2D eigenvalue weighted by Crippen LogP contribution is -2.44. The molecule has 6 heteroatoms. The van der Waals surface area contributed by atoms with E-state index in [1.807, 2.05) is 0 Å². The standard InChI is InChI=1S/C16H23FN2O2S/c1-13(2)7-10-19-11-8-14(9-12-19)18-22(20,21)16-6-4-3-5-15(16)17/h3-7,14,18H,8-12H2,1-2H3. The number of allylic oxidation sites excluding steroid dienone is 1. The lowest BCUT2D eigenvalue weighted by Gasteiger charge is -2.31. The highest BCUT2D eigenvalue weighted by Gasteiger charge is 2.25. The third kappa shape index (κ3) is 4.63. The average molecular weight is 326 g/mol. The minimum atomic E-state index is -3.79. The topological polar surface area (TPSA) is 49.4 Å². The molecule has 0 amide bonds. The van der Waals surface area contributed by atoms with Crippen LogP contribution in [0.5, 0.6) is 0 Å². The van der Waals surface area contributed by atoms with Gasteiger partial charge in [-0.15, -0.1) is 0 Å². The van der Waals surface area contributed by atoms with Crippen LogP contribution in [0.4, 0.5) is 4.39 Å². The van der Waals surface area contributed by atoms with Crippen molar-refractivity contribution >= 4 is 10.0 Å². The summed E-state index contributed by atoms with van der Waals surface area (Å²) in [6.45, 7) is 6.71. The van der Waals surface area contributed by atoms with Crippen LogP contribution in [-0.2, 0) is 10.0 Å². The Morgan fingerprint density at radius 1 is 1.32 bits per heavy atom. The highest BCUT2D eigenvalue weighted by Crippen LogP contribution is 2.17. The van der Waals surface area contributed by atoms with Crippen molar-refractivity contribution in [2.75, 3.05) is 19.6 Å². The number of benzene rings is 1. The Morgan fingerprint density at radius 2 is 1.95 bits per heavy atom. The van der Waals surface area contributed by atoms with Crippen molar-refractivity contribution in [1.82, 2.24) is 9.62 Å². The van der Waals surface area contributed by atoms with E-state index in [2.05, 4.69) is 29.5 Å². The molecule has 0 aliphatic carbocycles. The first-order valence-corrected chi connectivity index (χ1v) is 8.99. The molecule has 4 nitrogen and oxygen atoms in total. The zero-order valence-corrected chi connectivity index (χ0v) is 13.9. The van der Waals surface area contributed by atoms with Crippen LogP contribution in [0, 0.1) is 5.82 Å². The molecule has 0 radical (unpaired) electrons. The smallest absolute Gasteiger partial charge is 0.243 e. The van der Waals surface area contributed by atoms with Gasteiger partial charge in [0, 0.05) is 12.6 Å². The largest absolute Gasteiger partial charge is 0.300 e. The van der Waals surface area contributed by atoms with Crippen molar-refractivity contribution < 1.29 is 12.8 Å². The van der Waals surface area contributed by atoms with Gasteiger partial charge in [-0.05, 0) is 51.9 Å². The highest BCUT2D eigenvalue weighted by atomic mass is 32.2. The van der Waals surface area contributed by atoms with Crippen molar-refractivity contribution in [1.29, 1.82) is 0 Å². The van der Waals surface area contributed by atoms with Gasteiger partial charge in [0.25, 0.3) is 0 Å². The fourth-order valence-electron chi connectivity index (χ4n) is 2.49. The molecular formula is C16H23FN2O2S. The van der Waals surface area contributed by atoms with Crippen LogP contribution >= 0.6 is 0 Å². The molecule has 1 aliphatic heterocycles. The second kappa shape index (κ2) is 7.35. The van der Waals surface area contributed by atoms with Crippen LogP contribution in [-0.4, -0.2) is 39.0 Å². The predicted molar refractivity (Wildman–Crippen MR) is 85.6 cm³/mol. The quantitative estimate of drug-likeness (QED) is 0.846. The molecule has 22 heavy (non-hydrogen) atoms. The maximum atomic E-state index is 13.6. The van der Waals surface area contributed by atoms with Gasteiger partial charge >= 0.3 is 0 Å². The Morgan fingerprint density at radius 3 is 2.55 bits per heavy atom.